The number of hydrogen-bond acceptors (Lipinski definition) is 3. The van der Waals surface area contributed by atoms with Gasteiger partial charge in [0.1, 0.15) is 0 Å². The van der Waals surface area contributed by atoms with Crippen LogP contribution >= 0.6 is 23.7 Å². The fourth-order valence-corrected chi connectivity index (χ4v) is 3.17. The predicted molar refractivity (Wildman–Crippen MR) is 82.1 cm³/mol. The topological polar surface area (TPSA) is 55.1 Å². The summed E-state index contributed by atoms with van der Waals surface area (Å²) in [6.07, 6.45) is 2.38. The minimum Gasteiger partial charge on any atom is -0.347 e. The van der Waals surface area contributed by atoms with Crippen molar-refractivity contribution in [2.45, 2.75) is 18.9 Å². The fraction of sp³-hybridized carbons (Fsp3) is 0.357. The number of halogens is 1. The van der Waals surface area contributed by atoms with E-state index < -0.39 is 0 Å². The van der Waals surface area contributed by atoms with Crippen LogP contribution < -0.4 is 11.1 Å². The van der Waals surface area contributed by atoms with Gasteiger partial charge in [-0.15, -0.1) is 23.7 Å². The Hall–Kier alpha value is -1.10. The number of benzene rings is 1. The molecule has 1 atom stereocenters. The van der Waals surface area contributed by atoms with Gasteiger partial charge in [0.25, 0.3) is 5.91 Å². The first kappa shape index (κ1) is 14.3. The van der Waals surface area contributed by atoms with Gasteiger partial charge in [0.05, 0.1) is 4.88 Å². The van der Waals surface area contributed by atoms with E-state index in [2.05, 4.69) is 5.32 Å². The molecule has 1 heterocycles. The van der Waals surface area contributed by atoms with Crippen molar-refractivity contribution in [1.29, 1.82) is 0 Å². The van der Waals surface area contributed by atoms with Crippen LogP contribution in [0, 0.1) is 5.92 Å². The van der Waals surface area contributed by atoms with E-state index in [0.717, 1.165) is 15.0 Å². The number of carbonyl (C=O) groups excluding carboxylic acids is 1. The minimum absolute atomic E-state index is 0. The Labute approximate surface area is 122 Å². The van der Waals surface area contributed by atoms with Crippen LogP contribution in [0.1, 0.15) is 22.5 Å². The summed E-state index contributed by atoms with van der Waals surface area (Å²) in [6, 6.07) is 10.2. The number of thiophene rings is 1. The van der Waals surface area contributed by atoms with E-state index in [4.69, 9.17) is 5.73 Å². The molecule has 1 unspecified atom stereocenters. The number of fused-ring (bicyclic) bond motifs is 1. The highest BCUT2D eigenvalue weighted by Gasteiger charge is 2.31. The molecule has 1 amide bonds. The van der Waals surface area contributed by atoms with E-state index in [1.807, 2.05) is 30.3 Å². The molecule has 3 rings (SSSR count). The van der Waals surface area contributed by atoms with Gasteiger partial charge >= 0.3 is 0 Å². The first-order chi connectivity index (χ1) is 8.78. The number of carbonyl (C=O) groups is 1. The normalized spacial score (nSPS) is 15.8. The van der Waals surface area contributed by atoms with Crippen LogP contribution in [0.25, 0.3) is 10.1 Å². The van der Waals surface area contributed by atoms with Crippen LogP contribution in [-0.2, 0) is 0 Å². The van der Waals surface area contributed by atoms with Crippen molar-refractivity contribution in [2.75, 3.05) is 6.54 Å². The van der Waals surface area contributed by atoms with Crippen LogP contribution in [0.5, 0.6) is 0 Å². The third-order valence-electron chi connectivity index (χ3n) is 3.41. The molecule has 102 valence electrons. The highest BCUT2D eigenvalue weighted by atomic mass is 35.5. The zero-order chi connectivity index (χ0) is 12.5. The Kier molecular flexibility index (Phi) is 4.45. The van der Waals surface area contributed by atoms with Crippen LogP contribution in [-0.4, -0.2) is 18.5 Å². The second-order valence-electron chi connectivity index (χ2n) is 4.80. The molecule has 0 aliphatic heterocycles. The zero-order valence-corrected chi connectivity index (χ0v) is 12.1. The summed E-state index contributed by atoms with van der Waals surface area (Å²) in [5.74, 6) is 0.604. The van der Waals surface area contributed by atoms with Crippen molar-refractivity contribution in [3.8, 4) is 0 Å². The maximum Gasteiger partial charge on any atom is 0.261 e. The molecule has 5 heteroatoms. The van der Waals surface area contributed by atoms with Gasteiger partial charge in [-0.25, -0.2) is 0 Å². The zero-order valence-electron chi connectivity index (χ0n) is 10.5. The van der Waals surface area contributed by atoms with Crippen molar-refractivity contribution in [3.63, 3.8) is 0 Å². The van der Waals surface area contributed by atoms with Gasteiger partial charge in [0.2, 0.25) is 0 Å². The molecule has 3 N–H and O–H groups in total. The number of nitrogens with two attached hydrogens (primary N) is 1. The van der Waals surface area contributed by atoms with Crippen molar-refractivity contribution in [2.24, 2.45) is 11.7 Å². The predicted octanol–water partition coefficient (Wildman–Crippen LogP) is 2.79. The Bertz CT molecular complexity index is 547. The molecular weight excluding hydrogens is 280 g/mol. The monoisotopic (exact) mass is 296 g/mol. The van der Waals surface area contributed by atoms with Crippen LogP contribution in [0.4, 0.5) is 0 Å². The Balaban J connectivity index is 0.00000133. The molecule has 1 aromatic carbocycles. The summed E-state index contributed by atoms with van der Waals surface area (Å²) in [6.45, 7) is 0.529. The van der Waals surface area contributed by atoms with Crippen LogP contribution in [0.15, 0.2) is 30.3 Å². The second kappa shape index (κ2) is 5.90. The van der Waals surface area contributed by atoms with Gasteiger partial charge in [0.15, 0.2) is 0 Å². The number of amides is 1. The molecule has 1 aliphatic carbocycles. The first-order valence-electron chi connectivity index (χ1n) is 6.27. The fourth-order valence-electron chi connectivity index (χ4n) is 2.20. The number of hydrogen-bond donors (Lipinski definition) is 2. The Morgan fingerprint density at radius 3 is 2.79 bits per heavy atom. The van der Waals surface area contributed by atoms with E-state index in [0.29, 0.717) is 12.5 Å². The molecule has 3 nitrogen and oxygen atoms in total. The van der Waals surface area contributed by atoms with Crippen LogP contribution in [0.2, 0.25) is 0 Å². The third-order valence-corrected chi connectivity index (χ3v) is 4.53. The molecule has 1 saturated carbocycles. The molecule has 0 spiro atoms. The van der Waals surface area contributed by atoms with Crippen LogP contribution in [0.3, 0.4) is 0 Å². The maximum atomic E-state index is 12.2. The highest BCUT2D eigenvalue weighted by Crippen LogP contribution is 2.32. The number of rotatable bonds is 4. The molecular formula is C14H17ClN2OS. The largest absolute Gasteiger partial charge is 0.347 e. The summed E-state index contributed by atoms with van der Waals surface area (Å²) in [7, 11) is 0. The summed E-state index contributed by atoms with van der Waals surface area (Å²) >= 11 is 1.54. The first-order valence-corrected chi connectivity index (χ1v) is 7.09. The van der Waals surface area contributed by atoms with Gasteiger partial charge < -0.3 is 11.1 Å². The third kappa shape index (κ3) is 3.08. The molecule has 2 aromatic rings. The van der Waals surface area contributed by atoms with Gasteiger partial charge in [-0.3, -0.25) is 4.79 Å². The second-order valence-corrected chi connectivity index (χ2v) is 5.89. The van der Waals surface area contributed by atoms with E-state index in [1.54, 1.807) is 0 Å². The van der Waals surface area contributed by atoms with Crippen molar-refractivity contribution in [3.05, 3.63) is 35.2 Å². The minimum atomic E-state index is 0. The SMILES string of the molecule is Cl.NCC(NC(=O)c1cc2ccccc2s1)C1CC1. The summed E-state index contributed by atoms with van der Waals surface area (Å²) in [4.78, 5) is 12.9. The quantitative estimate of drug-likeness (QED) is 0.911. The smallest absolute Gasteiger partial charge is 0.261 e. The maximum absolute atomic E-state index is 12.2. The Morgan fingerprint density at radius 2 is 2.16 bits per heavy atom. The molecule has 0 bridgehead atoms. The average Bonchev–Trinajstić information content (AvgIpc) is 3.13. The van der Waals surface area contributed by atoms with Gasteiger partial charge in [-0.1, -0.05) is 18.2 Å². The molecule has 0 saturated heterocycles. The summed E-state index contributed by atoms with van der Waals surface area (Å²) in [5.41, 5.74) is 5.70. The van der Waals surface area contributed by atoms with E-state index in [-0.39, 0.29) is 24.4 Å². The number of nitrogens with one attached hydrogen (secondary N) is 1. The lowest BCUT2D eigenvalue weighted by Gasteiger charge is -2.14. The van der Waals surface area contributed by atoms with Gasteiger partial charge in [-0.2, -0.15) is 0 Å². The van der Waals surface area contributed by atoms with E-state index in [1.165, 1.54) is 24.2 Å². The Morgan fingerprint density at radius 1 is 1.42 bits per heavy atom. The standard InChI is InChI=1S/C14H16N2OS.ClH/c15-8-11(9-5-6-9)16-14(17)13-7-10-3-1-2-4-12(10)18-13;/h1-4,7,9,11H,5-6,8,15H2,(H,16,17);1H. The molecule has 0 radical (unpaired) electrons. The summed E-state index contributed by atoms with van der Waals surface area (Å²) < 4.78 is 1.15. The van der Waals surface area contributed by atoms with Crippen molar-refractivity contribution in [1.82, 2.24) is 5.32 Å². The molecule has 1 aliphatic rings. The van der Waals surface area contributed by atoms with Crippen molar-refractivity contribution >= 4 is 39.7 Å². The molecule has 19 heavy (non-hydrogen) atoms. The van der Waals surface area contributed by atoms with Crippen molar-refractivity contribution < 1.29 is 4.79 Å². The lowest BCUT2D eigenvalue weighted by molar-refractivity contribution is 0.0937. The summed E-state index contributed by atoms with van der Waals surface area (Å²) in [5, 5.41) is 4.18. The van der Waals surface area contributed by atoms with Gasteiger partial charge in [-0.05, 0) is 36.3 Å². The lowest BCUT2D eigenvalue weighted by Crippen LogP contribution is -2.41. The van der Waals surface area contributed by atoms with E-state index >= 15 is 0 Å². The average molecular weight is 297 g/mol. The highest BCUT2D eigenvalue weighted by molar-refractivity contribution is 7.20. The van der Waals surface area contributed by atoms with Gasteiger partial charge in [0, 0.05) is 17.3 Å². The molecule has 1 fully saturated rings. The van der Waals surface area contributed by atoms with E-state index in [9.17, 15) is 4.79 Å². The molecule has 1 aromatic heterocycles. The lowest BCUT2D eigenvalue weighted by atomic mass is 10.2.